The van der Waals surface area contributed by atoms with Crippen molar-refractivity contribution in [3.05, 3.63) is 23.8 Å². The van der Waals surface area contributed by atoms with E-state index >= 15 is 0 Å². The van der Waals surface area contributed by atoms with E-state index < -0.39 is 26.6 Å². The van der Waals surface area contributed by atoms with Gasteiger partial charge in [0.1, 0.15) is 16.5 Å². The molecule has 1 saturated heterocycles. The van der Waals surface area contributed by atoms with Gasteiger partial charge >= 0.3 is 0 Å². The molecule has 19 heavy (non-hydrogen) atoms. The molecule has 0 aliphatic carbocycles. The number of nitrogens with zero attached hydrogens (tertiary/aromatic N) is 2. The molecule has 1 aromatic rings. The van der Waals surface area contributed by atoms with Crippen molar-refractivity contribution in [3.8, 4) is 0 Å². The van der Waals surface area contributed by atoms with E-state index in [-0.39, 0.29) is 18.8 Å². The second-order valence-corrected chi connectivity index (χ2v) is 6.42. The summed E-state index contributed by atoms with van der Waals surface area (Å²) in [6, 6.07) is 1.33. The zero-order chi connectivity index (χ0) is 14.2. The molecule has 1 fully saturated rings. The summed E-state index contributed by atoms with van der Waals surface area (Å²) in [5.74, 6) is -2.08. The fraction of sp³-hybridized carbons (Fsp3) is 0.455. The predicted molar refractivity (Wildman–Crippen MR) is 67.0 cm³/mol. The number of nitrogen functional groups attached to an aromatic ring is 1. The lowest BCUT2D eigenvalue weighted by molar-refractivity contribution is 0.222. The molecule has 106 valence electrons. The van der Waals surface area contributed by atoms with Crippen LogP contribution in [0.4, 0.5) is 14.5 Å². The van der Waals surface area contributed by atoms with Crippen LogP contribution < -0.4 is 5.73 Å². The zero-order valence-electron chi connectivity index (χ0n) is 10.4. The number of nitrogens with two attached hydrogens (primary N) is 1. The van der Waals surface area contributed by atoms with Crippen molar-refractivity contribution in [2.45, 2.75) is 4.90 Å². The second-order valence-electron chi connectivity index (χ2n) is 4.51. The van der Waals surface area contributed by atoms with Crippen LogP contribution in [0.25, 0.3) is 0 Å². The van der Waals surface area contributed by atoms with Gasteiger partial charge in [-0.2, -0.15) is 4.31 Å². The third-order valence-electron chi connectivity index (χ3n) is 3.13. The quantitative estimate of drug-likeness (QED) is 0.805. The molecule has 0 amide bonds. The number of likely N-dealkylation sites (N-methyl/N-ethyl adjacent to an activating group) is 1. The van der Waals surface area contributed by atoms with Crippen molar-refractivity contribution in [1.29, 1.82) is 0 Å². The molecule has 2 N–H and O–H groups in total. The van der Waals surface area contributed by atoms with Gasteiger partial charge in [-0.1, -0.05) is 0 Å². The molecule has 1 heterocycles. The number of piperazine rings is 1. The molecule has 1 aliphatic heterocycles. The Kier molecular flexibility index (Phi) is 3.75. The molecule has 2 rings (SSSR count). The highest BCUT2D eigenvalue weighted by Crippen LogP contribution is 2.24. The van der Waals surface area contributed by atoms with Gasteiger partial charge in [0.25, 0.3) is 0 Å². The van der Waals surface area contributed by atoms with Crippen LogP contribution in [0.15, 0.2) is 17.0 Å². The minimum Gasteiger partial charge on any atom is -0.396 e. The number of sulfonamides is 1. The van der Waals surface area contributed by atoms with E-state index in [1.165, 1.54) is 4.31 Å². The standard InChI is InChI=1S/C11H15F2N3O2S/c1-15-2-4-16(5-3-15)19(17,18)11-7-10(14)8(12)6-9(11)13/h6-7H,2-5,14H2,1H3. The first-order valence-corrected chi connectivity index (χ1v) is 7.19. The fourth-order valence-corrected chi connectivity index (χ4v) is 3.41. The maximum Gasteiger partial charge on any atom is 0.246 e. The lowest BCUT2D eigenvalue weighted by Crippen LogP contribution is -2.47. The smallest absolute Gasteiger partial charge is 0.246 e. The summed E-state index contributed by atoms with van der Waals surface area (Å²) in [7, 11) is -2.09. The molecule has 8 heteroatoms. The number of rotatable bonds is 2. The van der Waals surface area contributed by atoms with Crippen LogP contribution in [-0.4, -0.2) is 50.8 Å². The molecule has 0 saturated carbocycles. The molecular weight excluding hydrogens is 276 g/mol. The van der Waals surface area contributed by atoms with Crippen LogP contribution in [0.1, 0.15) is 0 Å². The zero-order valence-corrected chi connectivity index (χ0v) is 11.3. The normalized spacial score (nSPS) is 18.7. The lowest BCUT2D eigenvalue weighted by atomic mass is 10.3. The molecule has 0 radical (unpaired) electrons. The molecule has 0 spiro atoms. The number of anilines is 1. The molecule has 0 unspecified atom stereocenters. The Labute approximate surface area is 110 Å². The van der Waals surface area contributed by atoms with Gasteiger partial charge in [-0.15, -0.1) is 0 Å². The monoisotopic (exact) mass is 291 g/mol. The van der Waals surface area contributed by atoms with Crippen molar-refractivity contribution >= 4 is 15.7 Å². The van der Waals surface area contributed by atoms with E-state index in [0.29, 0.717) is 19.2 Å². The topological polar surface area (TPSA) is 66.6 Å². The van der Waals surface area contributed by atoms with Crippen molar-refractivity contribution in [2.75, 3.05) is 39.0 Å². The fourth-order valence-electron chi connectivity index (χ4n) is 1.91. The second kappa shape index (κ2) is 5.03. The Balaban J connectivity index is 2.37. The average Bonchev–Trinajstić information content (AvgIpc) is 2.34. The van der Waals surface area contributed by atoms with Crippen molar-refractivity contribution < 1.29 is 17.2 Å². The van der Waals surface area contributed by atoms with E-state index in [1.807, 2.05) is 11.9 Å². The van der Waals surface area contributed by atoms with Gasteiger partial charge in [0, 0.05) is 32.2 Å². The molecular formula is C11H15F2N3O2S. The van der Waals surface area contributed by atoms with Gasteiger partial charge in [0.2, 0.25) is 10.0 Å². The highest BCUT2D eigenvalue weighted by atomic mass is 32.2. The van der Waals surface area contributed by atoms with Crippen LogP contribution in [-0.2, 0) is 10.0 Å². The Bertz CT molecular complexity index is 584. The van der Waals surface area contributed by atoms with E-state index in [2.05, 4.69) is 0 Å². The van der Waals surface area contributed by atoms with Gasteiger partial charge in [-0.05, 0) is 13.1 Å². The first kappa shape index (κ1) is 14.2. The number of benzene rings is 1. The Morgan fingerprint density at radius 3 is 2.26 bits per heavy atom. The maximum absolute atomic E-state index is 13.6. The molecule has 1 aromatic carbocycles. The van der Waals surface area contributed by atoms with Gasteiger partial charge in [-0.3, -0.25) is 0 Å². The third kappa shape index (κ3) is 2.70. The van der Waals surface area contributed by atoms with Crippen LogP contribution in [0.2, 0.25) is 0 Å². The van der Waals surface area contributed by atoms with Gasteiger partial charge in [0.05, 0.1) is 5.69 Å². The molecule has 0 bridgehead atoms. The van der Waals surface area contributed by atoms with Gasteiger partial charge < -0.3 is 10.6 Å². The first-order valence-electron chi connectivity index (χ1n) is 5.75. The van der Waals surface area contributed by atoms with Crippen molar-refractivity contribution in [1.82, 2.24) is 9.21 Å². The average molecular weight is 291 g/mol. The van der Waals surface area contributed by atoms with Crippen molar-refractivity contribution in [3.63, 3.8) is 0 Å². The Hall–Kier alpha value is -1.25. The minimum absolute atomic E-state index is 0.273. The van der Waals surface area contributed by atoms with E-state index in [4.69, 9.17) is 5.73 Å². The van der Waals surface area contributed by atoms with Gasteiger partial charge in [-0.25, -0.2) is 17.2 Å². The van der Waals surface area contributed by atoms with Crippen LogP contribution in [0, 0.1) is 11.6 Å². The van der Waals surface area contributed by atoms with E-state index in [1.54, 1.807) is 0 Å². The van der Waals surface area contributed by atoms with E-state index in [0.717, 1.165) is 6.07 Å². The van der Waals surface area contributed by atoms with E-state index in [9.17, 15) is 17.2 Å². The first-order chi connectivity index (χ1) is 8.82. The number of halogens is 2. The Morgan fingerprint density at radius 2 is 1.68 bits per heavy atom. The lowest BCUT2D eigenvalue weighted by Gasteiger charge is -2.31. The summed E-state index contributed by atoms with van der Waals surface area (Å²) in [5, 5.41) is 0. The minimum atomic E-state index is -3.97. The van der Waals surface area contributed by atoms with Crippen LogP contribution in [0.3, 0.4) is 0 Å². The summed E-state index contributed by atoms with van der Waals surface area (Å²) in [5.41, 5.74) is 4.92. The highest BCUT2D eigenvalue weighted by molar-refractivity contribution is 7.89. The van der Waals surface area contributed by atoms with Crippen LogP contribution >= 0.6 is 0 Å². The maximum atomic E-state index is 13.6. The molecule has 0 atom stereocenters. The molecule has 1 aliphatic rings. The molecule has 5 nitrogen and oxygen atoms in total. The largest absolute Gasteiger partial charge is 0.396 e. The SMILES string of the molecule is CN1CCN(S(=O)(=O)c2cc(N)c(F)cc2F)CC1. The molecule has 0 aromatic heterocycles. The van der Waals surface area contributed by atoms with Gasteiger partial charge in [0.15, 0.2) is 0 Å². The summed E-state index contributed by atoms with van der Waals surface area (Å²) in [4.78, 5) is 1.40. The predicted octanol–water partition coefficient (Wildman–Crippen LogP) is 0.483. The summed E-state index contributed by atoms with van der Waals surface area (Å²) < 4.78 is 52.4. The third-order valence-corrected chi connectivity index (χ3v) is 5.04. The van der Waals surface area contributed by atoms with Crippen molar-refractivity contribution in [2.24, 2.45) is 0 Å². The summed E-state index contributed by atoms with van der Waals surface area (Å²) >= 11 is 0. The number of hydrogen-bond acceptors (Lipinski definition) is 4. The van der Waals surface area contributed by atoms with Crippen LogP contribution in [0.5, 0.6) is 0 Å². The summed E-state index contributed by atoms with van der Waals surface area (Å²) in [6.07, 6.45) is 0. The Morgan fingerprint density at radius 1 is 1.11 bits per heavy atom. The number of hydrogen-bond donors (Lipinski definition) is 1. The summed E-state index contributed by atoms with van der Waals surface area (Å²) in [6.45, 7) is 1.68. The highest BCUT2D eigenvalue weighted by Gasteiger charge is 2.30.